The van der Waals surface area contributed by atoms with Gasteiger partial charge in [0.1, 0.15) is 12.4 Å². The van der Waals surface area contributed by atoms with E-state index in [1.165, 1.54) is 10.7 Å². The number of ether oxygens (including phenoxy) is 2. The van der Waals surface area contributed by atoms with Gasteiger partial charge in [0.15, 0.2) is 0 Å². The minimum absolute atomic E-state index is 0.0413. The van der Waals surface area contributed by atoms with Crippen LogP contribution in [0, 0.1) is 6.92 Å². The molecule has 1 heterocycles. The van der Waals surface area contributed by atoms with E-state index in [1.54, 1.807) is 33.2 Å². The van der Waals surface area contributed by atoms with Gasteiger partial charge >= 0.3 is 0 Å². The number of methoxy groups -OCH3 is 1. The number of sulfonamides is 1. The Morgan fingerprint density at radius 3 is 2.44 bits per heavy atom. The predicted molar refractivity (Wildman–Crippen MR) is 155 cm³/mol. The van der Waals surface area contributed by atoms with Crippen molar-refractivity contribution in [2.24, 2.45) is 0 Å². The highest BCUT2D eigenvalue weighted by Gasteiger charge is 2.32. The Bertz CT molecular complexity index is 1060. The van der Waals surface area contributed by atoms with Gasteiger partial charge in [0.25, 0.3) is 0 Å². The van der Waals surface area contributed by atoms with E-state index in [9.17, 15) is 13.2 Å². The topological polar surface area (TPSA) is 82.6 Å². The third-order valence-corrected chi connectivity index (χ3v) is 10.6. The van der Waals surface area contributed by atoms with E-state index in [-0.39, 0.29) is 31.7 Å². The molecule has 2 fully saturated rings. The summed E-state index contributed by atoms with van der Waals surface area (Å²) in [5, 5.41) is 0. The Hall–Kier alpha value is -1.72. The predicted octanol–water partition coefficient (Wildman–Crippen LogP) is 3.00. The van der Waals surface area contributed by atoms with E-state index in [4.69, 9.17) is 9.47 Å². The smallest absolute Gasteiger partial charge is 0.248 e. The monoisotopic (exact) mass is 566 g/mol. The summed E-state index contributed by atoms with van der Waals surface area (Å²) in [5.41, 5.74) is 1.38. The van der Waals surface area contributed by atoms with E-state index in [1.807, 2.05) is 18.9 Å². The summed E-state index contributed by atoms with van der Waals surface area (Å²) in [6.07, 6.45) is 4.93. The number of amides is 1. The molecule has 1 aromatic rings. The zero-order valence-corrected chi connectivity index (χ0v) is 25.9. The number of likely N-dealkylation sites (N-methyl/N-ethyl adjacent to an activating group) is 2. The molecule has 3 rings (SSSR count). The largest absolute Gasteiger partial charge is 0.497 e. The molecule has 1 amide bonds. The molecule has 2 unspecified atom stereocenters. The number of nitrogens with zero attached hydrogens (tertiary/aromatic N) is 4. The highest BCUT2D eigenvalue weighted by atomic mass is 32.2. The first kappa shape index (κ1) is 31.8. The first-order valence-electron chi connectivity index (χ1n) is 14.4. The number of hydrogen-bond acceptors (Lipinski definition) is 7. The van der Waals surface area contributed by atoms with E-state index in [0.29, 0.717) is 34.7 Å². The van der Waals surface area contributed by atoms with Gasteiger partial charge in [-0.05, 0) is 76.1 Å². The number of carbonyl (C=O) groups excluding carboxylic acids is 1. The quantitative estimate of drug-likeness (QED) is 0.360. The molecule has 2 atom stereocenters. The summed E-state index contributed by atoms with van der Waals surface area (Å²) in [6, 6.07) is 4.86. The van der Waals surface area contributed by atoms with Crippen molar-refractivity contribution in [2.45, 2.75) is 82.8 Å². The summed E-state index contributed by atoms with van der Waals surface area (Å²) < 4.78 is 39.0. The lowest BCUT2D eigenvalue weighted by atomic mass is 9.88. The first-order valence-corrected chi connectivity index (χ1v) is 15.9. The molecule has 0 N–H and O–H groups in total. The Morgan fingerprint density at radius 1 is 1.13 bits per heavy atom. The summed E-state index contributed by atoms with van der Waals surface area (Å²) in [6.45, 7) is 12.9. The van der Waals surface area contributed by atoms with E-state index >= 15 is 0 Å². The Labute approximate surface area is 236 Å². The van der Waals surface area contributed by atoms with Gasteiger partial charge in [0.05, 0.1) is 18.6 Å². The number of carbonyl (C=O) groups is 1. The molecular weight excluding hydrogens is 516 g/mol. The van der Waals surface area contributed by atoms with Crippen LogP contribution in [0.1, 0.15) is 57.6 Å². The van der Waals surface area contributed by atoms with Crippen LogP contribution in [0.4, 0.5) is 0 Å². The number of hydrogen-bond donors (Lipinski definition) is 0. The molecule has 1 saturated carbocycles. The van der Waals surface area contributed by atoms with Crippen molar-refractivity contribution in [3.05, 3.63) is 23.3 Å². The summed E-state index contributed by atoms with van der Waals surface area (Å²) in [4.78, 5) is 20.3. The highest BCUT2D eigenvalue weighted by molar-refractivity contribution is 7.89. The van der Waals surface area contributed by atoms with Crippen LogP contribution in [-0.2, 0) is 26.0 Å². The molecule has 0 spiro atoms. The van der Waals surface area contributed by atoms with Gasteiger partial charge in [-0.2, -0.15) is 4.31 Å². The van der Waals surface area contributed by atoms with Crippen molar-refractivity contribution in [1.29, 1.82) is 0 Å². The van der Waals surface area contributed by atoms with Crippen LogP contribution in [-0.4, -0.2) is 119 Å². The van der Waals surface area contributed by atoms with Crippen molar-refractivity contribution >= 4 is 15.9 Å². The molecule has 1 aliphatic carbocycles. The third kappa shape index (κ3) is 7.94. The van der Waals surface area contributed by atoms with Crippen molar-refractivity contribution in [1.82, 2.24) is 19.0 Å². The number of aryl methyl sites for hydroxylation is 2. The maximum Gasteiger partial charge on any atom is 0.248 e. The van der Waals surface area contributed by atoms with Crippen LogP contribution in [0.5, 0.6) is 5.75 Å². The molecule has 0 aromatic heterocycles. The first-order chi connectivity index (χ1) is 18.5. The molecule has 1 aliphatic heterocycles. The maximum absolute atomic E-state index is 13.3. The second-order valence-corrected chi connectivity index (χ2v) is 13.3. The van der Waals surface area contributed by atoms with Crippen molar-refractivity contribution in [3.63, 3.8) is 0 Å². The molecule has 39 heavy (non-hydrogen) atoms. The van der Waals surface area contributed by atoms with Gasteiger partial charge in [-0.3, -0.25) is 14.6 Å². The van der Waals surface area contributed by atoms with Crippen LogP contribution < -0.4 is 4.74 Å². The molecule has 0 radical (unpaired) electrons. The van der Waals surface area contributed by atoms with Gasteiger partial charge in [0.2, 0.25) is 15.9 Å². The Morgan fingerprint density at radius 2 is 1.82 bits per heavy atom. The molecule has 9 nitrogen and oxygen atoms in total. The molecule has 1 aromatic carbocycles. The van der Waals surface area contributed by atoms with Gasteiger partial charge in [-0.15, -0.1) is 0 Å². The van der Waals surface area contributed by atoms with Gasteiger partial charge < -0.3 is 14.4 Å². The fourth-order valence-corrected chi connectivity index (χ4v) is 7.56. The summed E-state index contributed by atoms with van der Waals surface area (Å²) in [5.74, 6) is 0.602. The SMILES string of the molecule is CCc1cc(OC)cc(C)c1S(=O)(=O)N(C)CCOCC(=O)N(C)C1CCCC(N2CCN(C(C)C)CC2)C1. The normalized spacial score (nSPS) is 21.5. The van der Waals surface area contributed by atoms with Gasteiger partial charge in [0, 0.05) is 64.9 Å². The van der Waals surface area contributed by atoms with Gasteiger partial charge in [-0.25, -0.2) is 8.42 Å². The standard InChI is InChI=1S/C29H50N4O5S/c1-8-24-19-27(37-7)18-23(4)29(24)39(35,36)30(5)16-17-38-21-28(34)31(6)25-10-9-11-26(20-25)33-14-12-32(13-15-33)22(2)3/h18-19,22,25-26H,8-17,20-21H2,1-7H3. The minimum atomic E-state index is -3.70. The zero-order valence-electron chi connectivity index (χ0n) is 25.1. The van der Waals surface area contributed by atoms with Crippen molar-refractivity contribution < 1.29 is 22.7 Å². The zero-order chi connectivity index (χ0) is 28.7. The lowest BCUT2D eigenvalue weighted by Gasteiger charge is -2.44. The van der Waals surface area contributed by atoms with E-state index in [0.717, 1.165) is 51.0 Å². The van der Waals surface area contributed by atoms with Crippen molar-refractivity contribution in [3.8, 4) is 5.75 Å². The van der Waals surface area contributed by atoms with Crippen LogP contribution in [0.3, 0.4) is 0 Å². The second kappa shape index (κ2) is 14.3. The molecule has 10 heteroatoms. The van der Waals surface area contributed by atoms with E-state index in [2.05, 4.69) is 23.6 Å². The average Bonchev–Trinajstić information content (AvgIpc) is 2.93. The van der Waals surface area contributed by atoms with Gasteiger partial charge in [-0.1, -0.05) is 6.92 Å². The van der Waals surface area contributed by atoms with Crippen LogP contribution in [0.25, 0.3) is 0 Å². The van der Waals surface area contributed by atoms with E-state index < -0.39 is 10.0 Å². The minimum Gasteiger partial charge on any atom is -0.497 e. The van der Waals surface area contributed by atoms with Crippen LogP contribution in [0.15, 0.2) is 17.0 Å². The Kier molecular flexibility index (Phi) is 11.6. The molecule has 222 valence electrons. The molecular formula is C29H50N4O5S. The summed E-state index contributed by atoms with van der Waals surface area (Å²) >= 11 is 0. The van der Waals surface area contributed by atoms with Crippen molar-refractivity contribution in [2.75, 3.05) is 67.1 Å². The molecule has 0 bridgehead atoms. The second-order valence-electron chi connectivity index (χ2n) is 11.3. The fraction of sp³-hybridized carbons (Fsp3) is 0.759. The average molecular weight is 567 g/mol. The lowest BCUT2D eigenvalue weighted by molar-refractivity contribution is -0.138. The van der Waals surface area contributed by atoms with Crippen LogP contribution in [0.2, 0.25) is 0 Å². The number of benzene rings is 1. The molecule has 2 aliphatic rings. The fourth-order valence-electron chi connectivity index (χ4n) is 5.94. The highest BCUT2D eigenvalue weighted by Crippen LogP contribution is 2.29. The lowest BCUT2D eigenvalue weighted by Crippen LogP contribution is -2.54. The number of piperazine rings is 1. The molecule has 1 saturated heterocycles. The maximum atomic E-state index is 13.3. The number of rotatable bonds is 12. The summed E-state index contributed by atoms with van der Waals surface area (Å²) in [7, 11) is 1.31. The van der Waals surface area contributed by atoms with Crippen LogP contribution >= 0.6 is 0 Å². The third-order valence-electron chi connectivity index (χ3n) is 8.54. The Balaban J connectivity index is 1.47.